The van der Waals surface area contributed by atoms with Crippen LogP contribution in [0.5, 0.6) is 11.5 Å². The van der Waals surface area contributed by atoms with Crippen molar-refractivity contribution in [3.8, 4) is 11.5 Å². The summed E-state index contributed by atoms with van der Waals surface area (Å²) < 4.78 is 5.09. The highest BCUT2D eigenvalue weighted by atomic mass is 16.6. The molecule has 2 aromatic rings. The fourth-order valence-corrected chi connectivity index (χ4v) is 2.21. The smallest absolute Gasteiger partial charge is 0.318 e. The summed E-state index contributed by atoms with van der Waals surface area (Å²) in [4.78, 5) is 42.0. The van der Waals surface area contributed by atoms with Gasteiger partial charge in [0, 0.05) is 12.1 Å². The van der Waals surface area contributed by atoms with Gasteiger partial charge in [0.05, 0.1) is 32.6 Å². The van der Waals surface area contributed by atoms with Crippen LogP contribution in [-0.4, -0.2) is 38.6 Å². The number of carbonyl (C=O) groups excluding carboxylic acids is 1. The van der Waals surface area contributed by atoms with Gasteiger partial charge in [-0.05, 0) is 18.6 Å². The zero-order chi connectivity index (χ0) is 22.4. The molecule has 2 N–H and O–H groups in total. The van der Waals surface area contributed by atoms with Crippen LogP contribution >= 0.6 is 0 Å². The maximum Gasteiger partial charge on any atom is 0.318 e. The Hall–Kier alpha value is -4.62. The predicted octanol–water partition coefficient (Wildman–Crippen LogP) is 1.95. The van der Waals surface area contributed by atoms with E-state index in [4.69, 9.17) is 4.74 Å². The molecule has 0 aliphatic rings. The first kappa shape index (κ1) is 21.7. The van der Waals surface area contributed by atoms with Crippen molar-refractivity contribution >= 4 is 29.2 Å². The zero-order valence-corrected chi connectivity index (χ0v) is 15.2. The Kier molecular flexibility index (Phi) is 6.54. The second-order valence-electron chi connectivity index (χ2n) is 5.73. The molecule has 2 aromatic carbocycles. The Balaban J connectivity index is 2.09. The van der Waals surface area contributed by atoms with E-state index in [2.05, 4.69) is 5.10 Å². The van der Waals surface area contributed by atoms with Gasteiger partial charge in [-0.2, -0.15) is 5.10 Å². The molecule has 14 nitrogen and oxygen atoms in total. The SMILES string of the molecule is Cc1ccc(OCC(=O)N/N=C\c2cc([N+](=O)[O-])cc([N+](=O)[O-])c2O)c([N+](=O)[O-])c1. The number of nitro benzene ring substituents is 3. The number of hydrogen-bond donors (Lipinski definition) is 2. The number of nitrogens with zero attached hydrogens (tertiary/aromatic N) is 4. The number of carbonyl (C=O) groups is 1. The molecule has 0 atom stereocenters. The molecule has 156 valence electrons. The van der Waals surface area contributed by atoms with Gasteiger partial charge in [-0.1, -0.05) is 6.07 Å². The predicted molar refractivity (Wildman–Crippen MR) is 100 cm³/mol. The minimum absolute atomic E-state index is 0.142. The van der Waals surface area contributed by atoms with Crippen LogP contribution in [-0.2, 0) is 4.79 Å². The zero-order valence-electron chi connectivity index (χ0n) is 15.2. The van der Waals surface area contributed by atoms with Gasteiger partial charge in [0.25, 0.3) is 11.6 Å². The lowest BCUT2D eigenvalue weighted by atomic mass is 10.1. The quantitative estimate of drug-likeness (QED) is 0.364. The summed E-state index contributed by atoms with van der Waals surface area (Å²) in [6.07, 6.45) is 0.765. The molecule has 0 spiro atoms. The lowest BCUT2D eigenvalue weighted by Crippen LogP contribution is -2.24. The molecular weight excluding hydrogens is 406 g/mol. The van der Waals surface area contributed by atoms with Crippen molar-refractivity contribution in [3.63, 3.8) is 0 Å². The van der Waals surface area contributed by atoms with Crippen molar-refractivity contribution in [2.24, 2.45) is 5.10 Å². The first-order chi connectivity index (χ1) is 14.1. The van der Waals surface area contributed by atoms with Gasteiger partial charge in [-0.25, -0.2) is 5.43 Å². The van der Waals surface area contributed by atoms with Gasteiger partial charge < -0.3 is 9.84 Å². The Bertz CT molecular complexity index is 1070. The number of hydrazone groups is 1. The molecule has 0 fully saturated rings. The standard InChI is InChI=1S/C16H13N5O9/c1-9-2-3-14(12(4-9)20(26)27)30-8-15(22)18-17-7-10-5-11(19(24)25)6-13(16(10)23)21(28)29/h2-7,23H,8H2,1H3,(H,18,22)/b17-7-. The van der Waals surface area contributed by atoms with E-state index < -0.39 is 44.4 Å². The number of phenolic OH excluding ortho intramolecular Hbond substituents is 1. The number of nitro groups is 3. The van der Waals surface area contributed by atoms with Gasteiger partial charge in [0.1, 0.15) is 0 Å². The van der Waals surface area contributed by atoms with E-state index in [1.165, 1.54) is 12.1 Å². The number of non-ortho nitro benzene ring substituents is 1. The highest BCUT2D eigenvalue weighted by Crippen LogP contribution is 2.33. The van der Waals surface area contributed by atoms with Crippen molar-refractivity contribution in [2.45, 2.75) is 6.92 Å². The van der Waals surface area contributed by atoms with E-state index in [0.29, 0.717) is 11.6 Å². The molecule has 0 aliphatic heterocycles. The molecule has 14 heteroatoms. The lowest BCUT2D eigenvalue weighted by Gasteiger charge is -2.06. The number of aryl methyl sites for hydroxylation is 1. The molecular formula is C16H13N5O9. The number of amides is 1. The average molecular weight is 419 g/mol. The molecule has 30 heavy (non-hydrogen) atoms. The number of hydrogen-bond acceptors (Lipinski definition) is 10. The summed E-state index contributed by atoms with van der Waals surface area (Å²) >= 11 is 0. The third-order valence-electron chi connectivity index (χ3n) is 3.57. The monoisotopic (exact) mass is 419 g/mol. The molecule has 2 rings (SSSR count). The van der Waals surface area contributed by atoms with Crippen LogP contribution in [0.2, 0.25) is 0 Å². The molecule has 0 aliphatic carbocycles. The number of ether oxygens (including phenoxy) is 1. The summed E-state index contributed by atoms with van der Waals surface area (Å²) in [5.41, 5.74) is 0.299. The summed E-state index contributed by atoms with van der Waals surface area (Å²) in [7, 11) is 0. The van der Waals surface area contributed by atoms with E-state index >= 15 is 0 Å². The molecule has 0 bridgehead atoms. The molecule has 0 unspecified atom stereocenters. The second kappa shape index (κ2) is 9.05. The fourth-order valence-electron chi connectivity index (χ4n) is 2.21. The Morgan fingerprint density at radius 1 is 1.10 bits per heavy atom. The third kappa shape index (κ3) is 5.22. The highest BCUT2D eigenvalue weighted by Gasteiger charge is 2.23. The molecule has 0 heterocycles. The van der Waals surface area contributed by atoms with Gasteiger partial charge >= 0.3 is 11.4 Å². The second-order valence-corrected chi connectivity index (χ2v) is 5.73. The normalized spacial score (nSPS) is 10.6. The van der Waals surface area contributed by atoms with Crippen molar-refractivity contribution < 1.29 is 29.4 Å². The maximum absolute atomic E-state index is 11.8. The first-order valence-electron chi connectivity index (χ1n) is 7.95. The van der Waals surface area contributed by atoms with Crippen LogP contribution in [0.3, 0.4) is 0 Å². The van der Waals surface area contributed by atoms with Crippen molar-refractivity contribution in [2.75, 3.05) is 6.61 Å². The van der Waals surface area contributed by atoms with E-state index in [-0.39, 0.29) is 17.0 Å². The van der Waals surface area contributed by atoms with Gasteiger partial charge in [0.2, 0.25) is 5.75 Å². The van der Waals surface area contributed by atoms with Crippen LogP contribution in [0, 0.1) is 37.3 Å². The van der Waals surface area contributed by atoms with Crippen LogP contribution < -0.4 is 10.2 Å². The minimum atomic E-state index is -1.01. The summed E-state index contributed by atoms with van der Waals surface area (Å²) in [6, 6.07) is 5.54. The van der Waals surface area contributed by atoms with Crippen LogP contribution in [0.25, 0.3) is 0 Å². The number of nitrogens with one attached hydrogen (secondary N) is 1. The molecule has 1 amide bonds. The van der Waals surface area contributed by atoms with Crippen LogP contribution in [0.15, 0.2) is 35.4 Å². The molecule has 0 saturated heterocycles. The number of phenols is 1. The van der Waals surface area contributed by atoms with E-state index in [1.807, 2.05) is 5.43 Å². The Labute approximate surface area is 166 Å². The highest BCUT2D eigenvalue weighted by molar-refractivity contribution is 5.88. The first-order valence-corrected chi connectivity index (χ1v) is 7.95. The van der Waals surface area contributed by atoms with Gasteiger partial charge in [-0.15, -0.1) is 0 Å². The van der Waals surface area contributed by atoms with Crippen LogP contribution in [0.1, 0.15) is 11.1 Å². The molecule has 0 radical (unpaired) electrons. The van der Waals surface area contributed by atoms with Crippen molar-refractivity contribution in [3.05, 3.63) is 71.8 Å². The van der Waals surface area contributed by atoms with E-state index in [0.717, 1.165) is 12.3 Å². The molecule has 0 saturated carbocycles. The Morgan fingerprint density at radius 3 is 2.37 bits per heavy atom. The van der Waals surface area contributed by atoms with Crippen LogP contribution in [0.4, 0.5) is 17.1 Å². The summed E-state index contributed by atoms with van der Waals surface area (Å²) in [5.74, 6) is -1.87. The van der Waals surface area contributed by atoms with Gasteiger partial charge in [0.15, 0.2) is 12.4 Å². The number of benzene rings is 2. The number of rotatable bonds is 8. The lowest BCUT2D eigenvalue weighted by molar-refractivity contribution is -0.394. The van der Waals surface area contributed by atoms with E-state index in [1.54, 1.807) is 13.0 Å². The maximum atomic E-state index is 11.8. The third-order valence-corrected chi connectivity index (χ3v) is 3.57. The summed E-state index contributed by atoms with van der Waals surface area (Å²) in [5, 5.41) is 46.0. The van der Waals surface area contributed by atoms with Gasteiger partial charge in [-0.3, -0.25) is 35.1 Å². The number of aromatic hydroxyl groups is 1. The van der Waals surface area contributed by atoms with E-state index in [9.17, 15) is 40.2 Å². The minimum Gasteiger partial charge on any atom is -0.502 e. The average Bonchev–Trinajstić information content (AvgIpc) is 2.67. The molecule has 0 aromatic heterocycles. The largest absolute Gasteiger partial charge is 0.502 e. The topological polar surface area (TPSA) is 200 Å². The summed E-state index contributed by atoms with van der Waals surface area (Å²) in [6.45, 7) is 0.994. The Morgan fingerprint density at radius 2 is 1.77 bits per heavy atom. The van der Waals surface area contributed by atoms with Crippen molar-refractivity contribution in [1.29, 1.82) is 0 Å². The fraction of sp³-hybridized carbons (Fsp3) is 0.125. The van der Waals surface area contributed by atoms with Crippen molar-refractivity contribution in [1.82, 2.24) is 5.43 Å².